The minimum atomic E-state index is -2.70. The van der Waals surface area contributed by atoms with Crippen molar-refractivity contribution in [1.29, 1.82) is 0 Å². The molecule has 0 atom stereocenters. The van der Waals surface area contributed by atoms with Crippen LogP contribution in [-0.4, -0.2) is 34.4 Å². The number of benzene rings is 1. The summed E-state index contributed by atoms with van der Waals surface area (Å²) >= 11 is -2.70. The molecule has 0 bridgehead atoms. The first-order chi connectivity index (χ1) is 15.2. The zero-order valence-electron chi connectivity index (χ0n) is 20.0. The number of nitrogens with zero attached hydrogens (tertiary/aromatic N) is 2. The first-order valence-electron chi connectivity index (χ1n) is 12.4. The molecule has 0 aliphatic heterocycles. The van der Waals surface area contributed by atoms with Gasteiger partial charge in [0.15, 0.2) is 0 Å². The summed E-state index contributed by atoms with van der Waals surface area (Å²) in [5.74, 6) is 0.939. The van der Waals surface area contributed by atoms with E-state index in [1.54, 1.807) is 3.71 Å². The van der Waals surface area contributed by atoms with Crippen molar-refractivity contribution in [3.63, 3.8) is 0 Å². The average molecular weight is 527 g/mol. The molecule has 2 aromatic heterocycles. The van der Waals surface area contributed by atoms with Gasteiger partial charge in [-0.25, -0.2) is 0 Å². The molecule has 3 aromatic rings. The molecular formula is C27H40N2OSn. The molecule has 0 amide bonds. The number of fused-ring (bicyclic) bond motifs is 1. The summed E-state index contributed by atoms with van der Waals surface area (Å²) in [7, 11) is 0. The molecule has 0 saturated carbocycles. The number of hydrogen-bond acceptors (Lipinski definition) is 2. The van der Waals surface area contributed by atoms with E-state index in [-0.39, 0.29) is 0 Å². The molecule has 2 heterocycles. The third-order valence-electron chi connectivity index (χ3n) is 6.50. The predicted molar refractivity (Wildman–Crippen MR) is 136 cm³/mol. The number of rotatable bonds is 13. The van der Waals surface area contributed by atoms with Crippen LogP contribution in [0.3, 0.4) is 0 Å². The fourth-order valence-electron chi connectivity index (χ4n) is 4.86. The Morgan fingerprint density at radius 1 is 0.806 bits per heavy atom. The van der Waals surface area contributed by atoms with Crippen LogP contribution >= 0.6 is 0 Å². The molecule has 1 aromatic carbocycles. The molecule has 0 fully saturated rings. The van der Waals surface area contributed by atoms with Gasteiger partial charge in [0.05, 0.1) is 0 Å². The van der Waals surface area contributed by atoms with Crippen molar-refractivity contribution >= 4 is 27.7 Å². The molecule has 0 aliphatic carbocycles. The molecule has 0 unspecified atom stereocenters. The summed E-state index contributed by atoms with van der Waals surface area (Å²) in [4.78, 5) is 5.22. The van der Waals surface area contributed by atoms with E-state index < -0.39 is 18.4 Å². The number of ether oxygens (including phenoxy) is 1. The van der Waals surface area contributed by atoms with Crippen molar-refractivity contribution < 1.29 is 4.74 Å². The van der Waals surface area contributed by atoms with Crippen LogP contribution in [0.25, 0.3) is 16.9 Å². The quantitative estimate of drug-likeness (QED) is 0.216. The van der Waals surface area contributed by atoms with Crippen molar-refractivity contribution in [1.82, 2.24) is 9.38 Å². The van der Waals surface area contributed by atoms with Gasteiger partial charge in [0.2, 0.25) is 0 Å². The van der Waals surface area contributed by atoms with E-state index in [2.05, 4.69) is 73.8 Å². The van der Waals surface area contributed by atoms with Gasteiger partial charge in [0.1, 0.15) is 0 Å². The van der Waals surface area contributed by atoms with Crippen molar-refractivity contribution in [2.24, 2.45) is 0 Å². The van der Waals surface area contributed by atoms with Gasteiger partial charge in [0, 0.05) is 0 Å². The van der Waals surface area contributed by atoms with Crippen LogP contribution < -0.4 is 8.45 Å². The first-order valence-corrected chi connectivity index (χ1v) is 19.9. The molecule has 31 heavy (non-hydrogen) atoms. The maximum absolute atomic E-state index is 5.70. The molecule has 0 N–H and O–H groups in total. The SMILES string of the molecule is CCC[CH2][Sn]([CH2]CCC)([CH2]CCC)[c]1c(-c2ccc(OCC)cc2)nc2ccccn12. The Morgan fingerprint density at radius 2 is 1.42 bits per heavy atom. The van der Waals surface area contributed by atoms with Crippen molar-refractivity contribution in [2.75, 3.05) is 6.61 Å². The summed E-state index contributed by atoms with van der Waals surface area (Å²) in [6.45, 7) is 9.77. The molecule has 4 heteroatoms. The van der Waals surface area contributed by atoms with E-state index in [0.29, 0.717) is 6.61 Å². The number of hydrogen-bond donors (Lipinski definition) is 0. The second-order valence-corrected chi connectivity index (χ2v) is 21.7. The van der Waals surface area contributed by atoms with Gasteiger partial charge < -0.3 is 0 Å². The van der Waals surface area contributed by atoms with E-state index in [1.807, 2.05) is 6.92 Å². The van der Waals surface area contributed by atoms with Crippen molar-refractivity contribution in [3.8, 4) is 17.0 Å². The van der Waals surface area contributed by atoms with Crippen molar-refractivity contribution in [3.05, 3.63) is 48.7 Å². The Balaban J connectivity index is 2.20. The van der Waals surface area contributed by atoms with Gasteiger partial charge in [-0.2, -0.15) is 0 Å². The topological polar surface area (TPSA) is 26.5 Å². The van der Waals surface area contributed by atoms with Gasteiger partial charge in [-0.05, 0) is 0 Å². The Labute approximate surface area is 193 Å². The van der Waals surface area contributed by atoms with E-state index >= 15 is 0 Å². The molecule has 0 spiro atoms. The second-order valence-electron chi connectivity index (χ2n) is 8.79. The molecule has 0 aliphatic rings. The Morgan fingerprint density at radius 3 is 1.97 bits per heavy atom. The molecule has 0 saturated heterocycles. The Hall–Kier alpha value is -1.49. The van der Waals surface area contributed by atoms with E-state index in [9.17, 15) is 0 Å². The second kappa shape index (κ2) is 11.9. The van der Waals surface area contributed by atoms with Gasteiger partial charge in [0.25, 0.3) is 0 Å². The van der Waals surface area contributed by atoms with Crippen LogP contribution in [0.15, 0.2) is 48.7 Å². The van der Waals surface area contributed by atoms with Crippen molar-refractivity contribution in [2.45, 2.75) is 79.5 Å². The first kappa shape index (κ1) is 24.2. The molecule has 168 valence electrons. The number of pyridine rings is 1. The van der Waals surface area contributed by atoms with E-state index in [4.69, 9.17) is 9.72 Å². The maximum atomic E-state index is 5.70. The standard InChI is InChI=1S/C15H13N2O.3C4H9.Sn/c1-2-18-13-8-6-12(7-9-13)14-11-17-10-4-3-5-15(17)16-14;3*1-3-4-2;/h3-10H,2H2,1H3;3*1,3-4H2,2H3;. The van der Waals surface area contributed by atoms with E-state index in [1.165, 1.54) is 63.1 Å². The van der Waals surface area contributed by atoms with Crippen LogP contribution in [0.2, 0.25) is 13.3 Å². The van der Waals surface area contributed by atoms with Crippen LogP contribution in [0.1, 0.15) is 66.2 Å². The average Bonchev–Trinajstić information content (AvgIpc) is 3.20. The number of aromatic nitrogens is 2. The summed E-state index contributed by atoms with van der Waals surface area (Å²) in [5.41, 5.74) is 3.59. The van der Waals surface area contributed by atoms with Crippen LogP contribution in [0.5, 0.6) is 5.75 Å². The Bertz CT molecular complexity index is 910. The van der Waals surface area contributed by atoms with Crippen LogP contribution in [0, 0.1) is 0 Å². The number of imidazole rings is 1. The molecule has 3 nitrogen and oxygen atoms in total. The molecule has 0 radical (unpaired) electrons. The summed E-state index contributed by atoms with van der Waals surface area (Å²) in [6.07, 6.45) is 10.2. The summed E-state index contributed by atoms with van der Waals surface area (Å²) in [6, 6.07) is 15.1. The van der Waals surface area contributed by atoms with Gasteiger partial charge >= 0.3 is 194 Å². The molecular weight excluding hydrogens is 487 g/mol. The van der Waals surface area contributed by atoms with Crippen LogP contribution in [-0.2, 0) is 0 Å². The Kier molecular flexibility index (Phi) is 9.30. The van der Waals surface area contributed by atoms with E-state index in [0.717, 1.165) is 11.4 Å². The fraction of sp³-hybridized carbons (Fsp3) is 0.519. The van der Waals surface area contributed by atoms with Gasteiger partial charge in [-0.3, -0.25) is 0 Å². The third kappa shape index (κ3) is 5.66. The molecule has 3 rings (SSSR count). The van der Waals surface area contributed by atoms with Crippen LogP contribution in [0.4, 0.5) is 0 Å². The number of unbranched alkanes of at least 4 members (excludes halogenated alkanes) is 3. The monoisotopic (exact) mass is 528 g/mol. The zero-order chi connectivity index (χ0) is 22.1. The fourth-order valence-corrected chi connectivity index (χ4v) is 21.8. The summed E-state index contributed by atoms with van der Waals surface area (Å²) < 4.78 is 14.1. The van der Waals surface area contributed by atoms with Gasteiger partial charge in [-0.1, -0.05) is 0 Å². The third-order valence-corrected chi connectivity index (χ3v) is 22.0. The normalized spacial score (nSPS) is 11.9. The predicted octanol–water partition coefficient (Wildman–Crippen LogP) is 7.46. The summed E-state index contributed by atoms with van der Waals surface area (Å²) in [5, 5.41) is 0. The minimum absolute atomic E-state index is 0.698. The van der Waals surface area contributed by atoms with Gasteiger partial charge in [-0.15, -0.1) is 0 Å². The zero-order valence-corrected chi connectivity index (χ0v) is 22.8.